The molecule has 4 nitrogen and oxygen atoms in total. The molecule has 1 fully saturated rings. The number of piperidine rings is 1. The van der Waals surface area contributed by atoms with Crippen LogP contribution in [0.3, 0.4) is 0 Å². The van der Waals surface area contributed by atoms with Crippen LogP contribution in [0.15, 0.2) is 24.3 Å². The quantitative estimate of drug-likeness (QED) is 0.902. The lowest BCUT2D eigenvalue weighted by Crippen LogP contribution is -2.40. The molecule has 0 bridgehead atoms. The van der Waals surface area contributed by atoms with Gasteiger partial charge in [0.25, 0.3) is 0 Å². The van der Waals surface area contributed by atoms with E-state index in [2.05, 4.69) is 45.0 Å². The summed E-state index contributed by atoms with van der Waals surface area (Å²) in [6.45, 7) is 7.54. The minimum atomic E-state index is -0.740. The molecule has 1 aliphatic heterocycles. The first kappa shape index (κ1) is 17.5. The molecule has 0 radical (unpaired) electrons. The second kappa shape index (κ2) is 7.62. The van der Waals surface area contributed by atoms with Crippen LogP contribution < -0.4 is 0 Å². The van der Waals surface area contributed by atoms with E-state index in [1.807, 2.05) is 4.90 Å². The van der Waals surface area contributed by atoms with E-state index in [1.165, 1.54) is 11.1 Å². The van der Waals surface area contributed by atoms with Crippen molar-refractivity contribution >= 4 is 11.9 Å². The lowest BCUT2D eigenvalue weighted by atomic mass is 9.93. The monoisotopic (exact) mass is 317 g/mol. The maximum Gasteiger partial charge on any atom is 0.306 e. The van der Waals surface area contributed by atoms with E-state index in [0.29, 0.717) is 38.3 Å². The summed E-state index contributed by atoms with van der Waals surface area (Å²) in [5.74, 6) is -0.206. The van der Waals surface area contributed by atoms with Gasteiger partial charge in [-0.3, -0.25) is 9.59 Å². The van der Waals surface area contributed by atoms with Crippen molar-refractivity contribution in [2.45, 2.75) is 51.9 Å². The predicted molar refractivity (Wildman–Crippen MR) is 90.5 cm³/mol. The molecule has 1 unspecified atom stereocenters. The number of rotatable bonds is 5. The molecule has 126 valence electrons. The number of benzene rings is 1. The highest BCUT2D eigenvalue weighted by molar-refractivity contribution is 5.77. The molecule has 2 rings (SSSR count). The predicted octanol–water partition coefficient (Wildman–Crippen LogP) is 3.63. The molecule has 1 aromatic carbocycles. The Hall–Kier alpha value is -1.84. The van der Waals surface area contributed by atoms with Crippen LogP contribution in [-0.4, -0.2) is 35.0 Å². The zero-order valence-electron chi connectivity index (χ0n) is 14.3. The Morgan fingerprint density at radius 1 is 1.09 bits per heavy atom. The van der Waals surface area contributed by atoms with E-state index < -0.39 is 5.97 Å². The SMILES string of the molecule is CC(C)c1ccc(C(C)CC(=O)N2CCC(C(=O)O)CC2)cc1. The van der Waals surface area contributed by atoms with Gasteiger partial charge in [-0.15, -0.1) is 0 Å². The Morgan fingerprint density at radius 2 is 1.61 bits per heavy atom. The third-order valence-corrected chi connectivity index (χ3v) is 4.85. The molecule has 1 aromatic rings. The number of carbonyl (C=O) groups excluding carboxylic acids is 1. The van der Waals surface area contributed by atoms with Crippen LogP contribution in [0.25, 0.3) is 0 Å². The van der Waals surface area contributed by atoms with E-state index >= 15 is 0 Å². The molecule has 0 aromatic heterocycles. The van der Waals surface area contributed by atoms with Crippen molar-refractivity contribution in [2.24, 2.45) is 5.92 Å². The Labute approximate surface area is 138 Å². The summed E-state index contributed by atoms with van der Waals surface area (Å²) in [6.07, 6.45) is 1.62. The zero-order chi connectivity index (χ0) is 17.0. The number of carboxylic acid groups (broad SMARTS) is 1. The van der Waals surface area contributed by atoms with Gasteiger partial charge in [0.1, 0.15) is 0 Å². The van der Waals surface area contributed by atoms with Crippen LogP contribution in [0.4, 0.5) is 0 Å². The van der Waals surface area contributed by atoms with E-state index in [4.69, 9.17) is 5.11 Å². The summed E-state index contributed by atoms with van der Waals surface area (Å²) in [5, 5.41) is 9.02. The third-order valence-electron chi connectivity index (χ3n) is 4.85. The fourth-order valence-corrected chi connectivity index (χ4v) is 3.09. The summed E-state index contributed by atoms with van der Waals surface area (Å²) < 4.78 is 0. The fraction of sp³-hybridized carbons (Fsp3) is 0.579. The normalized spacial score (nSPS) is 17.3. The summed E-state index contributed by atoms with van der Waals surface area (Å²) >= 11 is 0. The molecule has 4 heteroatoms. The first-order valence-electron chi connectivity index (χ1n) is 8.49. The van der Waals surface area contributed by atoms with Crippen LogP contribution in [0.1, 0.15) is 63.0 Å². The second-order valence-corrected chi connectivity index (χ2v) is 6.92. The molecule has 1 saturated heterocycles. The molecular weight excluding hydrogens is 290 g/mol. The highest BCUT2D eigenvalue weighted by atomic mass is 16.4. The van der Waals surface area contributed by atoms with Crippen LogP contribution in [-0.2, 0) is 9.59 Å². The van der Waals surface area contributed by atoms with Crippen molar-refractivity contribution in [3.05, 3.63) is 35.4 Å². The molecule has 1 N–H and O–H groups in total. The molecule has 0 aliphatic carbocycles. The van der Waals surface area contributed by atoms with Crippen LogP contribution in [0.2, 0.25) is 0 Å². The van der Waals surface area contributed by atoms with Crippen molar-refractivity contribution in [3.63, 3.8) is 0 Å². The van der Waals surface area contributed by atoms with Crippen molar-refractivity contribution in [2.75, 3.05) is 13.1 Å². The molecule has 1 amide bonds. The smallest absolute Gasteiger partial charge is 0.306 e. The van der Waals surface area contributed by atoms with E-state index in [0.717, 1.165) is 0 Å². The number of carboxylic acids is 1. The van der Waals surface area contributed by atoms with Gasteiger partial charge in [-0.1, -0.05) is 45.0 Å². The largest absolute Gasteiger partial charge is 0.481 e. The van der Waals surface area contributed by atoms with E-state index in [-0.39, 0.29) is 17.7 Å². The number of nitrogens with zero attached hydrogens (tertiary/aromatic N) is 1. The van der Waals surface area contributed by atoms with E-state index in [1.54, 1.807) is 0 Å². The Morgan fingerprint density at radius 3 is 2.09 bits per heavy atom. The average molecular weight is 317 g/mol. The maximum atomic E-state index is 12.4. The lowest BCUT2D eigenvalue weighted by Gasteiger charge is -2.31. The number of aliphatic carboxylic acids is 1. The van der Waals surface area contributed by atoms with Crippen molar-refractivity contribution in [1.29, 1.82) is 0 Å². The van der Waals surface area contributed by atoms with E-state index in [9.17, 15) is 9.59 Å². The van der Waals surface area contributed by atoms with Gasteiger partial charge in [0.15, 0.2) is 0 Å². The maximum absolute atomic E-state index is 12.4. The van der Waals surface area contributed by atoms with Gasteiger partial charge in [0.05, 0.1) is 5.92 Å². The number of amides is 1. The van der Waals surface area contributed by atoms with Crippen molar-refractivity contribution < 1.29 is 14.7 Å². The fourth-order valence-electron chi connectivity index (χ4n) is 3.09. The van der Waals surface area contributed by atoms with Gasteiger partial charge in [-0.05, 0) is 35.8 Å². The highest BCUT2D eigenvalue weighted by Crippen LogP contribution is 2.24. The van der Waals surface area contributed by atoms with Gasteiger partial charge in [0.2, 0.25) is 5.91 Å². The number of hydrogen-bond donors (Lipinski definition) is 1. The van der Waals surface area contributed by atoms with Gasteiger partial charge < -0.3 is 10.0 Å². The molecule has 0 saturated carbocycles. The summed E-state index contributed by atoms with van der Waals surface area (Å²) in [4.78, 5) is 25.2. The van der Waals surface area contributed by atoms with Crippen molar-refractivity contribution in [3.8, 4) is 0 Å². The summed E-state index contributed by atoms with van der Waals surface area (Å²) in [6, 6.07) is 8.51. The van der Waals surface area contributed by atoms with Crippen LogP contribution in [0, 0.1) is 5.92 Å². The summed E-state index contributed by atoms with van der Waals surface area (Å²) in [7, 11) is 0. The molecule has 1 atom stereocenters. The Bertz CT molecular complexity index is 542. The number of likely N-dealkylation sites (tertiary alicyclic amines) is 1. The number of carbonyl (C=O) groups is 2. The standard InChI is InChI=1S/C19H27NO3/c1-13(2)15-4-6-16(7-5-15)14(3)12-18(21)20-10-8-17(9-11-20)19(22)23/h4-7,13-14,17H,8-12H2,1-3H3,(H,22,23). The molecule has 0 spiro atoms. The van der Waals surface area contributed by atoms with Gasteiger partial charge in [-0.25, -0.2) is 0 Å². The Balaban J connectivity index is 1.88. The average Bonchev–Trinajstić information content (AvgIpc) is 2.54. The Kier molecular flexibility index (Phi) is 5.80. The summed E-state index contributed by atoms with van der Waals surface area (Å²) in [5.41, 5.74) is 2.49. The van der Waals surface area contributed by atoms with Gasteiger partial charge >= 0.3 is 5.97 Å². The molecular formula is C19H27NO3. The van der Waals surface area contributed by atoms with Gasteiger partial charge in [0, 0.05) is 19.5 Å². The van der Waals surface area contributed by atoms with Crippen molar-refractivity contribution in [1.82, 2.24) is 4.90 Å². The zero-order valence-corrected chi connectivity index (χ0v) is 14.3. The molecule has 23 heavy (non-hydrogen) atoms. The lowest BCUT2D eigenvalue weighted by molar-refractivity contribution is -0.145. The minimum Gasteiger partial charge on any atom is -0.481 e. The third kappa shape index (κ3) is 4.57. The van der Waals surface area contributed by atoms with Crippen LogP contribution in [0.5, 0.6) is 0 Å². The van der Waals surface area contributed by atoms with Gasteiger partial charge in [-0.2, -0.15) is 0 Å². The number of hydrogen-bond acceptors (Lipinski definition) is 2. The molecule has 1 heterocycles. The van der Waals surface area contributed by atoms with Crippen LogP contribution >= 0.6 is 0 Å². The minimum absolute atomic E-state index is 0.134. The topological polar surface area (TPSA) is 57.6 Å². The second-order valence-electron chi connectivity index (χ2n) is 6.92. The highest BCUT2D eigenvalue weighted by Gasteiger charge is 2.27. The first-order chi connectivity index (χ1) is 10.9. The first-order valence-corrected chi connectivity index (χ1v) is 8.49. The molecule has 1 aliphatic rings.